The molecule has 0 heterocycles. The molecule has 2 amide bonds. The number of hydrogen-bond donors (Lipinski definition) is 1. The summed E-state index contributed by atoms with van der Waals surface area (Å²) in [6.45, 7) is 4.87. The second-order valence-corrected chi connectivity index (χ2v) is 6.50. The van der Waals surface area contributed by atoms with Crippen LogP contribution in [0.5, 0.6) is 0 Å². The van der Waals surface area contributed by atoms with E-state index in [4.69, 9.17) is 0 Å². The van der Waals surface area contributed by atoms with E-state index < -0.39 is 23.9 Å². The SMILES string of the molecule is C=CCN(CC(F)(F)F)C(=O)C(C)Sc1ccc(NC(C)=O)cc1. The summed E-state index contributed by atoms with van der Waals surface area (Å²) in [4.78, 5) is 24.6. The largest absolute Gasteiger partial charge is 0.406 e. The predicted molar refractivity (Wildman–Crippen MR) is 88.9 cm³/mol. The summed E-state index contributed by atoms with van der Waals surface area (Å²) in [6, 6.07) is 6.72. The van der Waals surface area contributed by atoms with Crippen LogP contribution in [0.2, 0.25) is 0 Å². The maximum Gasteiger partial charge on any atom is 0.406 e. The molecule has 1 aromatic carbocycles. The lowest BCUT2D eigenvalue weighted by Crippen LogP contribution is -2.42. The Hall–Kier alpha value is -1.96. The Labute approximate surface area is 143 Å². The van der Waals surface area contributed by atoms with Crippen LogP contribution in [0, 0.1) is 0 Å². The van der Waals surface area contributed by atoms with Gasteiger partial charge in [-0.2, -0.15) is 13.2 Å². The van der Waals surface area contributed by atoms with Gasteiger partial charge in [0.15, 0.2) is 0 Å². The lowest BCUT2D eigenvalue weighted by molar-refractivity contribution is -0.159. The Bertz CT molecular complexity index is 588. The second-order valence-electron chi connectivity index (χ2n) is 5.09. The normalized spacial score (nSPS) is 12.4. The van der Waals surface area contributed by atoms with Crippen LogP contribution >= 0.6 is 11.8 Å². The fraction of sp³-hybridized carbons (Fsp3) is 0.375. The highest BCUT2D eigenvalue weighted by molar-refractivity contribution is 8.00. The summed E-state index contributed by atoms with van der Waals surface area (Å²) in [5.41, 5.74) is 0.608. The second kappa shape index (κ2) is 8.77. The van der Waals surface area contributed by atoms with Crippen LogP contribution in [0.4, 0.5) is 18.9 Å². The van der Waals surface area contributed by atoms with E-state index in [1.54, 1.807) is 31.2 Å². The van der Waals surface area contributed by atoms with Crippen molar-refractivity contribution in [3.05, 3.63) is 36.9 Å². The third kappa shape index (κ3) is 7.08. The summed E-state index contributed by atoms with van der Waals surface area (Å²) in [7, 11) is 0. The van der Waals surface area contributed by atoms with Gasteiger partial charge in [-0.3, -0.25) is 9.59 Å². The number of benzene rings is 1. The van der Waals surface area contributed by atoms with Crippen LogP contribution in [-0.2, 0) is 9.59 Å². The average Bonchev–Trinajstić information content (AvgIpc) is 2.46. The zero-order chi connectivity index (χ0) is 18.3. The molecule has 0 saturated carbocycles. The van der Waals surface area contributed by atoms with Crippen molar-refractivity contribution in [1.82, 2.24) is 4.90 Å². The van der Waals surface area contributed by atoms with Crippen molar-refractivity contribution >= 4 is 29.3 Å². The van der Waals surface area contributed by atoms with Gasteiger partial charge in [0, 0.05) is 24.1 Å². The Morgan fingerprint density at radius 2 is 1.92 bits per heavy atom. The molecule has 4 nitrogen and oxygen atoms in total. The van der Waals surface area contributed by atoms with Gasteiger partial charge in [0.25, 0.3) is 0 Å². The van der Waals surface area contributed by atoms with Gasteiger partial charge in [-0.25, -0.2) is 0 Å². The highest BCUT2D eigenvalue weighted by Crippen LogP contribution is 2.27. The van der Waals surface area contributed by atoms with Gasteiger partial charge in [0.2, 0.25) is 11.8 Å². The van der Waals surface area contributed by atoms with Crippen molar-refractivity contribution < 1.29 is 22.8 Å². The third-order valence-electron chi connectivity index (χ3n) is 2.87. The van der Waals surface area contributed by atoms with E-state index in [1.165, 1.54) is 13.0 Å². The van der Waals surface area contributed by atoms with Gasteiger partial charge in [-0.15, -0.1) is 18.3 Å². The molecule has 1 rings (SSSR count). The molecule has 24 heavy (non-hydrogen) atoms. The molecule has 1 aromatic rings. The van der Waals surface area contributed by atoms with E-state index in [0.29, 0.717) is 5.69 Å². The molecule has 0 radical (unpaired) electrons. The molecule has 1 N–H and O–H groups in total. The minimum atomic E-state index is -4.46. The molecule has 0 bridgehead atoms. The molecule has 0 aromatic heterocycles. The molecule has 0 saturated heterocycles. The fourth-order valence-electron chi connectivity index (χ4n) is 1.94. The van der Waals surface area contributed by atoms with Crippen LogP contribution in [0.25, 0.3) is 0 Å². The topological polar surface area (TPSA) is 49.4 Å². The van der Waals surface area contributed by atoms with Crippen LogP contribution < -0.4 is 5.32 Å². The van der Waals surface area contributed by atoms with Crippen LogP contribution in [0.1, 0.15) is 13.8 Å². The first-order valence-corrected chi connectivity index (χ1v) is 8.01. The van der Waals surface area contributed by atoms with Gasteiger partial charge in [0.05, 0.1) is 5.25 Å². The van der Waals surface area contributed by atoms with Crippen LogP contribution in [0.15, 0.2) is 41.8 Å². The van der Waals surface area contributed by atoms with E-state index in [-0.39, 0.29) is 12.5 Å². The first kappa shape index (κ1) is 20.1. The smallest absolute Gasteiger partial charge is 0.329 e. The monoisotopic (exact) mass is 360 g/mol. The summed E-state index contributed by atoms with van der Waals surface area (Å²) in [6.07, 6.45) is -3.19. The van der Waals surface area contributed by atoms with Crippen molar-refractivity contribution in [1.29, 1.82) is 0 Å². The van der Waals surface area contributed by atoms with Gasteiger partial charge in [-0.05, 0) is 31.2 Å². The number of carbonyl (C=O) groups excluding carboxylic acids is 2. The third-order valence-corrected chi connectivity index (χ3v) is 3.97. The molecule has 1 atom stereocenters. The number of hydrogen-bond acceptors (Lipinski definition) is 3. The van der Waals surface area contributed by atoms with Crippen molar-refractivity contribution in [2.24, 2.45) is 0 Å². The van der Waals surface area contributed by atoms with Crippen molar-refractivity contribution in [3.63, 3.8) is 0 Å². The minimum Gasteiger partial charge on any atom is -0.329 e. The van der Waals surface area contributed by atoms with Crippen molar-refractivity contribution in [2.75, 3.05) is 18.4 Å². The Morgan fingerprint density at radius 3 is 2.38 bits per heavy atom. The molecular formula is C16H19F3N2O2S. The number of amides is 2. The molecule has 0 aliphatic rings. The number of rotatable bonds is 7. The zero-order valence-corrected chi connectivity index (χ0v) is 14.2. The van der Waals surface area contributed by atoms with E-state index in [2.05, 4.69) is 11.9 Å². The standard InChI is InChI=1S/C16H19F3N2O2S/c1-4-9-21(10-16(17,18)19)15(23)11(2)24-14-7-5-13(6-8-14)20-12(3)22/h4-8,11H,1,9-10H2,2-3H3,(H,20,22). The lowest BCUT2D eigenvalue weighted by atomic mass is 10.3. The summed E-state index contributed by atoms with van der Waals surface area (Å²) in [5, 5.41) is 1.93. The van der Waals surface area contributed by atoms with Gasteiger partial charge < -0.3 is 10.2 Å². The van der Waals surface area contributed by atoms with Crippen LogP contribution in [-0.4, -0.2) is 41.2 Å². The predicted octanol–water partition coefficient (Wildman–Crippen LogP) is 3.70. The first-order chi connectivity index (χ1) is 11.1. The minimum absolute atomic E-state index is 0.162. The molecule has 0 aliphatic heterocycles. The molecule has 0 aliphatic carbocycles. The average molecular weight is 360 g/mol. The van der Waals surface area contributed by atoms with E-state index in [1.807, 2.05) is 0 Å². The number of nitrogens with zero attached hydrogens (tertiary/aromatic N) is 1. The van der Waals surface area contributed by atoms with Gasteiger partial charge in [0.1, 0.15) is 6.54 Å². The maximum absolute atomic E-state index is 12.6. The summed E-state index contributed by atoms with van der Waals surface area (Å²) < 4.78 is 37.7. The fourth-order valence-corrected chi connectivity index (χ4v) is 2.89. The van der Waals surface area contributed by atoms with Crippen molar-refractivity contribution in [3.8, 4) is 0 Å². The number of halogens is 3. The molecule has 1 unspecified atom stereocenters. The van der Waals surface area contributed by atoms with Crippen molar-refractivity contribution in [2.45, 2.75) is 30.2 Å². The number of thioether (sulfide) groups is 1. The molecule has 132 valence electrons. The Morgan fingerprint density at radius 1 is 1.33 bits per heavy atom. The van der Waals surface area contributed by atoms with E-state index in [0.717, 1.165) is 21.6 Å². The van der Waals surface area contributed by atoms with Crippen LogP contribution in [0.3, 0.4) is 0 Å². The van der Waals surface area contributed by atoms with Gasteiger partial charge in [-0.1, -0.05) is 6.08 Å². The Balaban J connectivity index is 2.73. The lowest BCUT2D eigenvalue weighted by Gasteiger charge is -2.25. The highest BCUT2D eigenvalue weighted by atomic mass is 32.2. The zero-order valence-electron chi connectivity index (χ0n) is 13.4. The number of carbonyl (C=O) groups is 2. The molecular weight excluding hydrogens is 341 g/mol. The summed E-state index contributed by atoms with van der Waals surface area (Å²) in [5.74, 6) is -0.811. The summed E-state index contributed by atoms with van der Waals surface area (Å²) >= 11 is 1.15. The number of alkyl halides is 3. The number of anilines is 1. The maximum atomic E-state index is 12.6. The highest BCUT2D eigenvalue weighted by Gasteiger charge is 2.34. The van der Waals surface area contributed by atoms with Gasteiger partial charge >= 0.3 is 6.18 Å². The molecule has 0 fully saturated rings. The molecule has 0 spiro atoms. The van der Waals surface area contributed by atoms with E-state index in [9.17, 15) is 22.8 Å². The first-order valence-electron chi connectivity index (χ1n) is 7.13. The van der Waals surface area contributed by atoms with E-state index >= 15 is 0 Å². The number of nitrogens with one attached hydrogen (secondary N) is 1. The molecule has 8 heteroatoms. The quantitative estimate of drug-likeness (QED) is 0.596. The Kier molecular flexibility index (Phi) is 7.34.